The first kappa shape index (κ1) is 7.50. The standard InChI is InChI=1S/C11H7N2O/c1-14-9-4-2-3-8-7-5-12-11(10(8)9)13-6-7/h2-3,5-6H,1H3. The van der Waals surface area contributed by atoms with E-state index < -0.39 is 0 Å². The summed E-state index contributed by atoms with van der Waals surface area (Å²) in [6, 6.07) is 6.89. The lowest BCUT2D eigenvalue weighted by Gasteiger charge is -2.08. The SMILES string of the molecule is COc1[c]ccc2c3cnc(nc3)c12. The number of fused-ring (bicyclic) bond motifs is 2. The number of methoxy groups -OCH3 is 1. The molecule has 0 atom stereocenters. The molecule has 1 radical (unpaired) electrons. The van der Waals surface area contributed by atoms with E-state index in [0.717, 1.165) is 16.2 Å². The first-order valence-corrected chi connectivity index (χ1v) is 4.31. The normalized spacial score (nSPS) is 11.2. The van der Waals surface area contributed by atoms with Crippen LogP contribution < -0.4 is 4.74 Å². The summed E-state index contributed by atoms with van der Waals surface area (Å²) in [5.41, 5.74) is 0.712. The van der Waals surface area contributed by atoms with Crippen molar-refractivity contribution < 1.29 is 4.74 Å². The average molecular weight is 183 g/mol. The Morgan fingerprint density at radius 1 is 1.29 bits per heavy atom. The minimum Gasteiger partial charge on any atom is -0.495 e. The van der Waals surface area contributed by atoms with Crippen LogP contribution in [-0.4, -0.2) is 17.1 Å². The van der Waals surface area contributed by atoms with Gasteiger partial charge in [-0.05, 0) is 11.5 Å². The lowest BCUT2D eigenvalue weighted by Crippen LogP contribution is -1.92. The maximum absolute atomic E-state index is 5.23. The predicted octanol–water partition coefficient (Wildman–Crippen LogP) is 2.03. The number of pyridine rings is 2. The highest BCUT2D eigenvalue weighted by Crippen LogP contribution is 2.30. The van der Waals surface area contributed by atoms with Crippen molar-refractivity contribution in [1.29, 1.82) is 0 Å². The number of nitrogens with zero attached hydrogens (tertiary/aromatic N) is 2. The molecule has 1 aromatic carbocycles. The quantitative estimate of drug-likeness (QED) is 0.579. The Kier molecular flexibility index (Phi) is 1.36. The van der Waals surface area contributed by atoms with Gasteiger partial charge in [0.05, 0.1) is 12.5 Å². The molecule has 3 nitrogen and oxygen atoms in total. The van der Waals surface area contributed by atoms with E-state index >= 15 is 0 Å². The molecule has 0 N–H and O–H groups in total. The summed E-state index contributed by atoms with van der Waals surface area (Å²) >= 11 is 0. The van der Waals surface area contributed by atoms with Crippen LogP contribution in [0.4, 0.5) is 0 Å². The number of rotatable bonds is 1. The highest BCUT2D eigenvalue weighted by molar-refractivity contribution is 6.08. The zero-order chi connectivity index (χ0) is 9.54. The van der Waals surface area contributed by atoms with Gasteiger partial charge in [-0.15, -0.1) is 0 Å². The van der Waals surface area contributed by atoms with Gasteiger partial charge in [0.15, 0.2) is 5.65 Å². The van der Waals surface area contributed by atoms with Crippen molar-refractivity contribution in [2.75, 3.05) is 7.11 Å². The molecule has 67 valence electrons. The molecule has 4 aromatic rings. The summed E-state index contributed by atoms with van der Waals surface area (Å²) in [6.45, 7) is 0. The zero-order valence-corrected chi connectivity index (χ0v) is 7.61. The molecular formula is C11H7N2O. The van der Waals surface area contributed by atoms with Crippen molar-refractivity contribution in [2.45, 2.75) is 0 Å². The van der Waals surface area contributed by atoms with Gasteiger partial charge in [0, 0.05) is 23.8 Å². The number of ether oxygens (including phenoxy) is 1. The van der Waals surface area contributed by atoms with E-state index in [1.54, 1.807) is 7.11 Å². The maximum Gasteiger partial charge on any atom is 0.163 e. The minimum atomic E-state index is 0.712. The van der Waals surface area contributed by atoms with Crippen molar-refractivity contribution >= 4 is 21.8 Å². The van der Waals surface area contributed by atoms with Gasteiger partial charge in [0.25, 0.3) is 0 Å². The van der Waals surface area contributed by atoms with Crippen LogP contribution in [0.25, 0.3) is 21.8 Å². The van der Waals surface area contributed by atoms with Crippen LogP contribution in [0.15, 0.2) is 24.5 Å². The van der Waals surface area contributed by atoms with E-state index in [1.807, 2.05) is 24.5 Å². The second-order valence-corrected chi connectivity index (χ2v) is 3.09. The summed E-state index contributed by atoms with van der Waals surface area (Å²) in [7, 11) is 1.63. The Morgan fingerprint density at radius 2 is 2.07 bits per heavy atom. The Morgan fingerprint density at radius 3 is 2.79 bits per heavy atom. The third-order valence-electron chi connectivity index (χ3n) is 2.35. The van der Waals surface area contributed by atoms with Gasteiger partial charge < -0.3 is 4.74 Å². The van der Waals surface area contributed by atoms with Crippen LogP contribution in [-0.2, 0) is 0 Å². The van der Waals surface area contributed by atoms with Crippen LogP contribution >= 0.6 is 0 Å². The number of hydrogen-bond donors (Lipinski definition) is 0. The fraction of sp³-hybridized carbons (Fsp3) is 0.0909. The molecule has 14 heavy (non-hydrogen) atoms. The third-order valence-corrected chi connectivity index (χ3v) is 2.35. The van der Waals surface area contributed by atoms with Gasteiger partial charge in [-0.25, -0.2) is 9.97 Å². The predicted molar refractivity (Wildman–Crippen MR) is 53.6 cm³/mol. The third kappa shape index (κ3) is 0.812. The van der Waals surface area contributed by atoms with Crippen molar-refractivity contribution in [3.63, 3.8) is 0 Å². The van der Waals surface area contributed by atoms with E-state index in [0.29, 0.717) is 11.4 Å². The number of hydrogen-bond acceptors (Lipinski definition) is 3. The molecule has 0 aliphatic rings. The van der Waals surface area contributed by atoms with Gasteiger partial charge in [-0.1, -0.05) is 6.07 Å². The molecule has 0 amide bonds. The molecule has 0 aliphatic carbocycles. The van der Waals surface area contributed by atoms with Crippen molar-refractivity contribution in [3.05, 3.63) is 30.6 Å². The Hall–Kier alpha value is -1.90. The highest BCUT2D eigenvalue weighted by Gasteiger charge is 2.09. The van der Waals surface area contributed by atoms with E-state index in [2.05, 4.69) is 16.0 Å². The fourth-order valence-electron chi connectivity index (χ4n) is 1.70. The number of aromatic nitrogens is 2. The van der Waals surface area contributed by atoms with Crippen LogP contribution in [0, 0.1) is 6.07 Å². The van der Waals surface area contributed by atoms with Gasteiger partial charge in [-0.2, -0.15) is 0 Å². The topological polar surface area (TPSA) is 35.0 Å². The van der Waals surface area contributed by atoms with Crippen molar-refractivity contribution in [1.82, 2.24) is 9.97 Å². The highest BCUT2D eigenvalue weighted by atomic mass is 16.5. The lowest BCUT2D eigenvalue weighted by atomic mass is 10.1. The van der Waals surface area contributed by atoms with E-state index in [4.69, 9.17) is 4.74 Å². The molecule has 3 aromatic heterocycles. The fourth-order valence-corrected chi connectivity index (χ4v) is 1.70. The van der Waals surface area contributed by atoms with Gasteiger partial charge in [0.1, 0.15) is 5.75 Å². The van der Waals surface area contributed by atoms with Crippen molar-refractivity contribution in [2.24, 2.45) is 0 Å². The second kappa shape index (κ2) is 2.54. The largest absolute Gasteiger partial charge is 0.495 e. The molecule has 4 rings (SSSR count). The van der Waals surface area contributed by atoms with E-state index in [1.165, 1.54) is 0 Å². The molecule has 0 aliphatic heterocycles. The molecule has 0 spiro atoms. The molecule has 3 heterocycles. The van der Waals surface area contributed by atoms with E-state index in [-0.39, 0.29) is 0 Å². The minimum absolute atomic E-state index is 0.712. The second-order valence-electron chi connectivity index (χ2n) is 3.09. The lowest BCUT2D eigenvalue weighted by molar-refractivity contribution is 0.419. The van der Waals surface area contributed by atoms with Crippen LogP contribution in [0.2, 0.25) is 0 Å². The van der Waals surface area contributed by atoms with Crippen LogP contribution in [0.1, 0.15) is 0 Å². The Labute approximate surface area is 80.7 Å². The van der Waals surface area contributed by atoms with Gasteiger partial charge in [-0.3, -0.25) is 0 Å². The first-order valence-electron chi connectivity index (χ1n) is 4.31. The Bertz CT molecular complexity index is 571. The molecule has 2 bridgehead atoms. The summed E-state index contributed by atoms with van der Waals surface area (Å²) in [6.07, 6.45) is 3.65. The van der Waals surface area contributed by atoms with Gasteiger partial charge in [0.2, 0.25) is 0 Å². The molecule has 0 saturated heterocycles. The summed E-state index contributed by atoms with van der Waals surface area (Å²) in [5.74, 6) is 0.712. The molecule has 0 unspecified atom stereocenters. The zero-order valence-electron chi connectivity index (χ0n) is 7.61. The molecule has 0 fully saturated rings. The van der Waals surface area contributed by atoms with Crippen LogP contribution in [0.3, 0.4) is 0 Å². The molecule has 0 saturated carbocycles. The van der Waals surface area contributed by atoms with E-state index in [9.17, 15) is 0 Å². The van der Waals surface area contributed by atoms with Gasteiger partial charge >= 0.3 is 0 Å². The average Bonchev–Trinajstić information content (AvgIpc) is 2.30. The Balaban J connectivity index is 2.61. The number of benzene rings is 1. The summed E-state index contributed by atoms with van der Waals surface area (Å²) in [4.78, 5) is 8.41. The van der Waals surface area contributed by atoms with Crippen LogP contribution in [0.5, 0.6) is 5.75 Å². The monoisotopic (exact) mass is 183 g/mol. The maximum atomic E-state index is 5.23. The summed E-state index contributed by atoms with van der Waals surface area (Å²) < 4.78 is 5.23. The van der Waals surface area contributed by atoms with Crippen molar-refractivity contribution in [3.8, 4) is 5.75 Å². The summed E-state index contributed by atoms with van der Waals surface area (Å²) in [5, 5.41) is 3.11. The molecule has 3 heteroatoms. The first-order chi connectivity index (χ1) is 6.90. The smallest absolute Gasteiger partial charge is 0.163 e. The molecular weight excluding hydrogens is 176 g/mol.